The Hall–Kier alpha value is -2.15. The molecule has 1 amide bonds. The highest BCUT2D eigenvalue weighted by atomic mass is 32.2. The minimum atomic E-state index is -0.572. The Morgan fingerprint density at radius 1 is 1.38 bits per heavy atom. The molecule has 110 valence electrons. The molecule has 0 saturated heterocycles. The van der Waals surface area contributed by atoms with E-state index >= 15 is 0 Å². The van der Waals surface area contributed by atoms with Crippen molar-refractivity contribution in [2.45, 2.75) is 24.3 Å². The van der Waals surface area contributed by atoms with Crippen molar-refractivity contribution < 1.29 is 9.18 Å². The number of hydrogen-bond donors (Lipinski definition) is 2. The number of hydrogen-bond acceptors (Lipinski definition) is 4. The topological polar surface area (TPSA) is 88.8 Å². The van der Waals surface area contributed by atoms with E-state index in [1.165, 1.54) is 23.9 Å². The molecule has 0 aliphatic rings. The zero-order valence-electron chi connectivity index (χ0n) is 11.4. The summed E-state index contributed by atoms with van der Waals surface area (Å²) in [6.07, 6.45) is -0.128. The third-order valence-corrected chi connectivity index (χ3v) is 3.78. The summed E-state index contributed by atoms with van der Waals surface area (Å²) in [7, 11) is 0. The lowest BCUT2D eigenvalue weighted by Crippen LogP contribution is -2.23. The summed E-state index contributed by atoms with van der Waals surface area (Å²) in [5, 5.41) is 0.454. The smallest absolute Gasteiger partial charge is 0.255 e. The maximum atomic E-state index is 12.8. The van der Waals surface area contributed by atoms with Gasteiger partial charge in [0.1, 0.15) is 5.82 Å². The van der Waals surface area contributed by atoms with Gasteiger partial charge in [-0.25, -0.2) is 9.37 Å². The molecule has 0 bridgehead atoms. The first kappa shape index (κ1) is 15.2. The summed E-state index contributed by atoms with van der Waals surface area (Å²) < 4.78 is 12.8. The van der Waals surface area contributed by atoms with Crippen LogP contribution in [0.2, 0.25) is 0 Å². The van der Waals surface area contributed by atoms with Gasteiger partial charge in [-0.1, -0.05) is 23.9 Å². The zero-order valence-corrected chi connectivity index (χ0v) is 12.2. The van der Waals surface area contributed by atoms with Crippen LogP contribution in [-0.2, 0) is 17.0 Å². The van der Waals surface area contributed by atoms with Crippen molar-refractivity contribution >= 4 is 17.7 Å². The molecule has 0 aliphatic heterocycles. The van der Waals surface area contributed by atoms with Gasteiger partial charge in [0.15, 0.2) is 5.16 Å². The maximum absolute atomic E-state index is 12.8. The van der Waals surface area contributed by atoms with E-state index in [9.17, 15) is 14.0 Å². The molecule has 0 fully saturated rings. The molecule has 0 saturated carbocycles. The fourth-order valence-electron chi connectivity index (χ4n) is 1.77. The van der Waals surface area contributed by atoms with Gasteiger partial charge in [0.25, 0.3) is 5.56 Å². The van der Waals surface area contributed by atoms with Crippen molar-refractivity contribution in [3.8, 4) is 0 Å². The summed E-state index contributed by atoms with van der Waals surface area (Å²) in [5.74, 6) is -0.309. The number of aromatic amines is 1. The second kappa shape index (κ2) is 6.53. The SMILES string of the molecule is Cc1nc(SCc2ccc(F)cc2)[nH]c(=O)c1CC(N)=O. The number of aryl methyl sites for hydroxylation is 1. The first-order chi connectivity index (χ1) is 9.95. The van der Waals surface area contributed by atoms with E-state index in [-0.39, 0.29) is 23.4 Å². The van der Waals surface area contributed by atoms with Crippen molar-refractivity contribution in [2.24, 2.45) is 5.73 Å². The van der Waals surface area contributed by atoms with Gasteiger partial charge in [-0.05, 0) is 24.6 Å². The van der Waals surface area contributed by atoms with E-state index in [2.05, 4.69) is 9.97 Å². The number of nitrogens with one attached hydrogen (secondary N) is 1. The predicted molar refractivity (Wildman–Crippen MR) is 78.5 cm³/mol. The van der Waals surface area contributed by atoms with Crippen LogP contribution in [0.15, 0.2) is 34.2 Å². The van der Waals surface area contributed by atoms with E-state index in [4.69, 9.17) is 5.73 Å². The van der Waals surface area contributed by atoms with Crippen LogP contribution in [0.25, 0.3) is 0 Å². The lowest BCUT2D eigenvalue weighted by atomic mass is 10.2. The number of amides is 1. The standard InChI is InChI=1S/C14H14FN3O2S/c1-8-11(6-12(16)19)13(20)18-14(17-8)21-7-9-2-4-10(15)5-3-9/h2-5H,6-7H2,1H3,(H2,16,19)(H,17,18,20). The molecule has 0 atom stereocenters. The van der Waals surface area contributed by atoms with Gasteiger partial charge >= 0.3 is 0 Å². The second-order valence-corrected chi connectivity index (χ2v) is 5.46. The van der Waals surface area contributed by atoms with Gasteiger partial charge in [-0.2, -0.15) is 0 Å². The first-order valence-electron chi connectivity index (χ1n) is 6.21. The van der Waals surface area contributed by atoms with Gasteiger partial charge in [0.2, 0.25) is 5.91 Å². The van der Waals surface area contributed by atoms with Gasteiger partial charge < -0.3 is 10.7 Å². The Morgan fingerprint density at radius 2 is 2.05 bits per heavy atom. The number of rotatable bonds is 5. The Labute approximate surface area is 124 Å². The Morgan fingerprint density at radius 3 is 2.62 bits per heavy atom. The molecule has 0 spiro atoms. The van der Waals surface area contributed by atoms with E-state index in [1.807, 2.05) is 0 Å². The number of aromatic nitrogens is 2. The number of nitrogens with zero attached hydrogens (tertiary/aromatic N) is 1. The van der Waals surface area contributed by atoms with Crippen molar-refractivity contribution in [1.82, 2.24) is 9.97 Å². The van der Waals surface area contributed by atoms with Gasteiger partial charge in [0.05, 0.1) is 6.42 Å². The molecule has 2 aromatic rings. The van der Waals surface area contributed by atoms with Crippen molar-refractivity contribution in [3.05, 3.63) is 57.3 Å². The average molecular weight is 307 g/mol. The Balaban J connectivity index is 2.12. The molecule has 5 nitrogen and oxygen atoms in total. The van der Waals surface area contributed by atoms with E-state index < -0.39 is 5.91 Å². The van der Waals surface area contributed by atoms with E-state index in [1.54, 1.807) is 19.1 Å². The van der Waals surface area contributed by atoms with E-state index in [0.717, 1.165) is 5.56 Å². The van der Waals surface area contributed by atoms with Crippen LogP contribution in [0.1, 0.15) is 16.8 Å². The summed E-state index contributed by atoms with van der Waals surface area (Å²) in [6.45, 7) is 1.66. The third-order valence-electron chi connectivity index (χ3n) is 2.84. The number of halogens is 1. The molecular formula is C14H14FN3O2S. The van der Waals surface area contributed by atoms with Crippen LogP contribution in [0.4, 0.5) is 4.39 Å². The normalized spacial score (nSPS) is 10.6. The van der Waals surface area contributed by atoms with Crippen LogP contribution < -0.4 is 11.3 Å². The lowest BCUT2D eigenvalue weighted by Gasteiger charge is -2.06. The molecule has 1 aromatic carbocycles. The molecule has 1 aromatic heterocycles. The maximum Gasteiger partial charge on any atom is 0.255 e. The quantitative estimate of drug-likeness (QED) is 0.648. The number of nitrogens with two attached hydrogens (primary N) is 1. The van der Waals surface area contributed by atoms with Crippen LogP contribution in [0.3, 0.4) is 0 Å². The number of thioether (sulfide) groups is 1. The molecule has 0 unspecified atom stereocenters. The summed E-state index contributed by atoms with van der Waals surface area (Å²) in [5.41, 5.74) is 6.42. The number of primary amides is 1. The Kier molecular flexibility index (Phi) is 4.74. The van der Waals surface area contributed by atoms with Gasteiger partial charge in [0, 0.05) is 17.0 Å². The zero-order chi connectivity index (χ0) is 15.4. The van der Waals surface area contributed by atoms with Crippen molar-refractivity contribution in [1.29, 1.82) is 0 Å². The molecule has 1 heterocycles. The second-order valence-electron chi connectivity index (χ2n) is 4.49. The highest BCUT2D eigenvalue weighted by molar-refractivity contribution is 7.98. The van der Waals surface area contributed by atoms with Crippen LogP contribution in [-0.4, -0.2) is 15.9 Å². The van der Waals surface area contributed by atoms with Crippen LogP contribution >= 0.6 is 11.8 Å². The van der Waals surface area contributed by atoms with Gasteiger partial charge in [-0.15, -0.1) is 0 Å². The minimum Gasteiger partial charge on any atom is -0.369 e. The summed E-state index contributed by atoms with van der Waals surface area (Å²) in [4.78, 5) is 29.7. The molecule has 3 N–H and O–H groups in total. The summed E-state index contributed by atoms with van der Waals surface area (Å²) >= 11 is 1.33. The lowest BCUT2D eigenvalue weighted by molar-refractivity contribution is -0.117. The number of carbonyl (C=O) groups excluding carboxylic acids is 1. The fraction of sp³-hybridized carbons (Fsp3) is 0.214. The summed E-state index contributed by atoms with van der Waals surface area (Å²) in [6, 6.07) is 6.12. The van der Waals surface area contributed by atoms with E-state index in [0.29, 0.717) is 16.6 Å². The largest absolute Gasteiger partial charge is 0.369 e. The first-order valence-corrected chi connectivity index (χ1v) is 7.19. The monoisotopic (exact) mass is 307 g/mol. The molecular weight excluding hydrogens is 293 g/mol. The third kappa shape index (κ3) is 4.16. The molecule has 21 heavy (non-hydrogen) atoms. The highest BCUT2D eigenvalue weighted by Gasteiger charge is 2.11. The fourth-order valence-corrected chi connectivity index (χ4v) is 2.63. The molecule has 2 rings (SSSR count). The number of carbonyl (C=O) groups is 1. The predicted octanol–water partition coefficient (Wildman–Crippen LogP) is 1.54. The van der Waals surface area contributed by atoms with Crippen molar-refractivity contribution in [3.63, 3.8) is 0 Å². The molecule has 7 heteroatoms. The highest BCUT2D eigenvalue weighted by Crippen LogP contribution is 2.19. The average Bonchev–Trinajstić information content (AvgIpc) is 2.42. The van der Waals surface area contributed by atoms with Crippen molar-refractivity contribution in [2.75, 3.05) is 0 Å². The van der Waals surface area contributed by atoms with Gasteiger partial charge in [-0.3, -0.25) is 9.59 Å². The Bertz CT molecular complexity index is 713. The van der Waals surface area contributed by atoms with Crippen LogP contribution in [0.5, 0.6) is 0 Å². The molecule has 0 radical (unpaired) electrons. The minimum absolute atomic E-state index is 0.128. The number of H-pyrrole nitrogens is 1. The molecule has 0 aliphatic carbocycles. The van der Waals surface area contributed by atoms with Crippen LogP contribution in [0, 0.1) is 12.7 Å². The number of benzene rings is 1.